The van der Waals surface area contributed by atoms with Gasteiger partial charge < -0.3 is 18.8 Å². The molecular weight excluding hydrogens is 529 g/mol. The van der Waals surface area contributed by atoms with Gasteiger partial charge in [-0.25, -0.2) is 19.2 Å². The van der Waals surface area contributed by atoms with Crippen LogP contribution in [0.4, 0.5) is 4.39 Å². The first kappa shape index (κ1) is 26.9. The second-order valence-electron chi connectivity index (χ2n) is 10.3. The van der Waals surface area contributed by atoms with E-state index in [2.05, 4.69) is 19.5 Å². The van der Waals surface area contributed by atoms with Crippen LogP contribution in [0, 0.1) is 17.1 Å². The van der Waals surface area contributed by atoms with E-state index in [0.717, 1.165) is 50.3 Å². The molecule has 212 valence electrons. The molecule has 2 aliphatic heterocycles. The maximum Gasteiger partial charge on any atom is 0.356 e. The Kier molecular flexibility index (Phi) is 7.63. The van der Waals surface area contributed by atoms with E-state index >= 15 is 0 Å². The molecule has 2 saturated heterocycles. The highest BCUT2D eigenvalue weighted by molar-refractivity contribution is 5.89. The third-order valence-corrected chi connectivity index (χ3v) is 7.68. The zero-order chi connectivity index (χ0) is 28.3. The number of benzene rings is 1. The van der Waals surface area contributed by atoms with Gasteiger partial charge in [0, 0.05) is 37.5 Å². The van der Waals surface area contributed by atoms with E-state index in [9.17, 15) is 9.18 Å². The van der Waals surface area contributed by atoms with E-state index in [4.69, 9.17) is 24.5 Å². The average Bonchev–Trinajstić information content (AvgIpc) is 3.58. The van der Waals surface area contributed by atoms with Gasteiger partial charge in [-0.2, -0.15) is 5.26 Å². The van der Waals surface area contributed by atoms with Crippen molar-refractivity contribution < 1.29 is 23.4 Å². The van der Waals surface area contributed by atoms with Crippen molar-refractivity contribution >= 4 is 17.1 Å². The number of rotatable bonds is 9. The van der Waals surface area contributed by atoms with Crippen LogP contribution in [-0.2, 0) is 29.2 Å². The first-order chi connectivity index (χ1) is 20.0. The summed E-state index contributed by atoms with van der Waals surface area (Å²) in [5.41, 5.74) is 2.31. The summed E-state index contributed by atoms with van der Waals surface area (Å²) >= 11 is 0. The van der Waals surface area contributed by atoms with Gasteiger partial charge in [-0.15, -0.1) is 5.10 Å². The van der Waals surface area contributed by atoms with E-state index in [1.807, 2.05) is 23.0 Å². The summed E-state index contributed by atoms with van der Waals surface area (Å²) in [6.45, 7) is 3.82. The molecule has 12 heteroatoms. The van der Waals surface area contributed by atoms with Gasteiger partial charge in [0.1, 0.15) is 23.8 Å². The number of carbonyl (C=O) groups is 1. The predicted molar refractivity (Wildman–Crippen MR) is 144 cm³/mol. The smallest absolute Gasteiger partial charge is 0.356 e. The number of fused-ring (bicyclic) bond motifs is 1. The van der Waals surface area contributed by atoms with Crippen LogP contribution in [0.15, 0.2) is 42.6 Å². The molecule has 41 heavy (non-hydrogen) atoms. The number of aromatic nitrogens is 5. The summed E-state index contributed by atoms with van der Waals surface area (Å²) in [5.74, 6) is 0.385. The predicted octanol–water partition coefficient (Wildman–Crippen LogP) is 3.63. The molecule has 0 saturated carbocycles. The van der Waals surface area contributed by atoms with Gasteiger partial charge >= 0.3 is 5.97 Å². The number of hydrogen-bond acceptors (Lipinski definition) is 9. The van der Waals surface area contributed by atoms with E-state index in [-0.39, 0.29) is 30.0 Å². The number of halogens is 1. The summed E-state index contributed by atoms with van der Waals surface area (Å²) < 4.78 is 34.4. The number of piperidine rings is 1. The standard InChI is InChI=1S/C29H30FN7O4/c1-39-29(38)25-5-4-24-28(33-25)36(16-22-9-13-40-22)26(32-24)17-35-10-6-21(7-11-35)37-12-8-27(34-37)41-18-20-3-2-19(15-31)14-23(20)30/h2-5,8,12,14,21-22H,6-7,9-11,13,16-18H2,1H3/t22-/m0/s1. The molecule has 0 unspecified atom stereocenters. The topological polar surface area (TPSA) is 120 Å². The molecule has 2 aliphatic rings. The van der Waals surface area contributed by atoms with Crippen molar-refractivity contribution in [2.45, 2.75) is 51.1 Å². The molecule has 0 bridgehead atoms. The molecule has 1 atom stereocenters. The first-order valence-corrected chi connectivity index (χ1v) is 13.7. The van der Waals surface area contributed by atoms with Crippen molar-refractivity contribution in [1.82, 2.24) is 29.2 Å². The molecule has 3 aromatic heterocycles. The second kappa shape index (κ2) is 11.6. The Labute approximate surface area is 236 Å². The number of imidazole rings is 1. The second-order valence-corrected chi connectivity index (χ2v) is 10.3. The molecule has 1 aromatic carbocycles. The molecule has 2 fully saturated rings. The molecule has 6 rings (SSSR count). The van der Waals surface area contributed by atoms with Gasteiger partial charge in [-0.1, -0.05) is 6.07 Å². The Morgan fingerprint density at radius 1 is 1.17 bits per heavy atom. The van der Waals surface area contributed by atoms with Gasteiger partial charge in [0.15, 0.2) is 11.3 Å². The number of likely N-dealkylation sites (tertiary alicyclic amines) is 1. The van der Waals surface area contributed by atoms with Gasteiger partial charge in [0.2, 0.25) is 5.88 Å². The monoisotopic (exact) mass is 559 g/mol. The number of nitrogens with zero attached hydrogens (tertiary/aromatic N) is 7. The molecule has 5 heterocycles. The lowest BCUT2D eigenvalue weighted by Crippen LogP contribution is -2.36. The van der Waals surface area contributed by atoms with Crippen LogP contribution in [0.1, 0.15) is 52.7 Å². The minimum atomic E-state index is -0.475. The SMILES string of the molecule is COC(=O)c1ccc2nc(CN3CCC(n4ccc(OCc5ccc(C#N)cc5F)n4)CC3)n(C[C@@H]3CCO3)c2n1. The molecule has 0 aliphatic carbocycles. The Bertz CT molecular complexity index is 1600. The zero-order valence-corrected chi connectivity index (χ0v) is 22.7. The van der Waals surface area contributed by atoms with Crippen LogP contribution in [0.5, 0.6) is 5.88 Å². The normalized spacial score (nSPS) is 17.7. The fourth-order valence-corrected chi connectivity index (χ4v) is 5.24. The van der Waals surface area contributed by atoms with E-state index in [1.54, 1.807) is 24.3 Å². The molecule has 11 nitrogen and oxygen atoms in total. The maximum absolute atomic E-state index is 14.2. The Hall–Kier alpha value is -4.34. The first-order valence-electron chi connectivity index (χ1n) is 13.7. The molecule has 0 spiro atoms. The summed E-state index contributed by atoms with van der Waals surface area (Å²) in [5, 5.41) is 13.5. The van der Waals surface area contributed by atoms with Gasteiger partial charge in [0.05, 0.1) is 44.0 Å². The fraction of sp³-hybridized carbons (Fsp3) is 0.414. The van der Waals surface area contributed by atoms with Crippen molar-refractivity contribution in [2.24, 2.45) is 0 Å². The van der Waals surface area contributed by atoms with E-state index in [0.29, 0.717) is 30.2 Å². The summed E-state index contributed by atoms with van der Waals surface area (Å²) in [6, 6.07) is 11.7. The highest BCUT2D eigenvalue weighted by Gasteiger charge is 2.26. The average molecular weight is 560 g/mol. The Morgan fingerprint density at radius 3 is 2.71 bits per heavy atom. The van der Waals surface area contributed by atoms with Crippen molar-refractivity contribution in [1.29, 1.82) is 5.26 Å². The summed E-state index contributed by atoms with van der Waals surface area (Å²) in [4.78, 5) is 23.9. The summed E-state index contributed by atoms with van der Waals surface area (Å²) in [7, 11) is 1.35. The van der Waals surface area contributed by atoms with Crippen molar-refractivity contribution in [3.63, 3.8) is 0 Å². The Balaban J connectivity index is 1.09. The largest absolute Gasteiger partial charge is 0.472 e. The Morgan fingerprint density at radius 2 is 2.00 bits per heavy atom. The molecule has 4 aromatic rings. The fourth-order valence-electron chi connectivity index (χ4n) is 5.24. The van der Waals surface area contributed by atoms with Crippen molar-refractivity contribution in [3.8, 4) is 11.9 Å². The minimum Gasteiger partial charge on any atom is -0.472 e. The van der Waals surface area contributed by atoms with Gasteiger partial charge in [-0.3, -0.25) is 9.58 Å². The van der Waals surface area contributed by atoms with Crippen molar-refractivity contribution in [3.05, 3.63) is 71.1 Å². The number of ether oxygens (including phenoxy) is 3. The van der Waals surface area contributed by atoms with E-state index in [1.165, 1.54) is 13.2 Å². The van der Waals surface area contributed by atoms with E-state index < -0.39 is 11.8 Å². The lowest BCUT2D eigenvalue weighted by atomic mass is 10.1. The molecule has 0 N–H and O–H groups in total. The lowest BCUT2D eigenvalue weighted by molar-refractivity contribution is -0.0593. The summed E-state index contributed by atoms with van der Waals surface area (Å²) in [6.07, 6.45) is 4.81. The lowest BCUT2D eigenvalue weighted by Gasteiger charge is -2.32. The molecular formula is C29H30FN7O4. The van der Waals surface area contributed by atoms with Gasteiger partial charge in [-0.05, 0) is 43.5 Å². The molecule has 0 amide bonds. The highest BCUT2D eigenvalue weighted by atomic mass is 19.1. The third-order valence-electron chi connectivity index (χ3n) is 7.68. The maximum atomic E-state index is 14.2. The quantitative estimate of drug-likeness (QED) is 0.283. The number of methoxy groups -OCH3 is 1. The highest BCUT2D eigenvalue weighted by Crippen LogP contribution is 2.26. The van der Waals surface area contributed by atoms with Crippen LogP contribution in [-0.4, -0.2) is 68.1 Å². The third kappa shape index (κ3) is 5.77. The molecule has 0 radical (unpaired) electrons. The van der Waals surface area contributed by atoms with Crippen molar-refractivity contribution in [2.75, 3.05) is 26.8 Å². The zero-order valence-electron chi connectivity index (χ0n) is 22.7. The van der Waals surface area contributed by atoms with Crippen LogP contribution in [0.2, 0.25) is 0 Å². The number of carbonyl (C=O) groups excluding carboxylic acids is 1. The minimum absolute atomic E-state index is 0.0376. The number of hydrogen-bond donors (Lipinski definition) is 0. The van der Waals surface area contributed by atoms with Crippen LogP contribution < -0.4 is 4.74 Å². The number of nitriles is 1. The van der Waals surface area contributed by atoms with Crippen LogP contribution in [0.3, 0.4) is 0 Å². The number of esters is 1. The van der Waals surface area contributed by atoms with Gasteiger partial charge in [0.25, 0.3) is 0 Å². The van der Waals surface area contributed by atoms with Crippen LogP contribution >= 0.6 is 0 Å². The van der Waals surface area contributed by atoms with Crippen LogP contribution in [0.25, 0.3) is 11.2 Å². The number of pyridine rings is 1.